The molecule has 0 bridgehead atoms. The first-order valence-electron chi connectivity index (χ1n) is 6.18. The van der Waals surface area contributed by atoms with Crippen molar-refractivity contribution >= 4 is 0 Å². The standard InChI is InChI=1S/C15H20FNO/c1-5-7-13(6-2)17-11(3)12-8-9-14(16)15(10-12)18-4/h2,8-11,13,17H,5,7H2,1,3-4H3. The monoisotopic (exact) mass is 249 g/mol. The number of methoxy groups -OCH3 is 1. The Kier molecular flexibility index (Phi) is 5.67. The molecule has 2 unspecified atom stereocenters. The van der Waals surface area contributed by atoms with Crippen LogP contribution in [0.15, 0.2) is 18.2 Å². The van der Waals surface area contributed by atoms with Crippen LogP contribution in [0.2, 0.25) is 0 Å². The molecule has 0 saturated heterocycles. The summed E-state index contributed by atoms with van der Waals surface area (Å²) < 4.78 is 18.3. The third-order valence-electron chi connectivity index (χ3n) is 2.90. The van der Waals surface area contributed by atoms with Crippen LogP contribution >= 0.6 is 0 Å². The van der Waals surface area contributed by atoms with Crippen LogP contribution in [0, 0.1) is 18.2 Å². The Morgan fingerprint density at radius 1 is 1.50 bits per heavy atom. The second-order valence-corrected chi connectivity index (χ2v) is 4.29. The molecular weight excluding hydrogens is 229 g/mol. The van der Waals surface area contributed by atoms with Crippen LogP contribution in [0.25, 0.3) is 0 Å². The van der Waals surface area contributed by atoms with Crippen molar-refractivity contribution in [3.63, 3.8) is 0 Å². The smallest absolute Gasteiger partial charge is 0.165 e. The third-order valence-corrected chi connectivity index (χ3v) is 2.90. The predicted molar refractivity (Wildman–Crippen MR) is 72.0 cm³/mol. The van der Waals surface area contributed by atoms with Gasteiger partial charge in [0.15, 0.2) is 11.6 Å². The average molecular weight is 249 g/mol. The Morgan fingerprint density at radius 3 is 2.78 bits per heavy atom. The van der Waals surface area contributed by atoms with Crippen LogP contribution in [0.5, 0.6) is 5.75 Å². The van der Waals surface area contributed by atoms with Gasteiger partial charge in [0.2, 0.25) is 0 Å². The van der Waals surface area contributed by atoms with Gasteiger partial charge >= 0.3 is 0 Å². The molecule has 3 heteroatoms. The van der Waals surface area contributed by atoms with Gasteiger partial charge in [-0.25, -0.2) is 4.39 Å². The average Bonchev–Trinajstić information content (AvgIpc) is 2.38. The van der Waals surface area contributed by atoms with E-state index in [1.807, 2.05) is 6.92 Å². The molecule has 0 fully saturated rings. The Hall–Kier alpha value is -1.53. The van der Waals surface area contributed by atoms with E-state index in [9.17, 15) is 4.39 Å². The molecule has 0 heterocycles. The molecule has 0 saturated carbocycles. The second-order valence-electron chi connectivity index (χ2n) is 4.29. The van der Waals surface area contributed by atoms with Crippen molar-refractivity contribution < 1.29 is 9.13 Å². The lowest BCUT2D eigenvalue weighted by Gasteiger charge is -2.19. The Labute approximate surface area is 109 Å². The minimum Gasteiger partial charge on any atom is -0.494 e. The van der Waals surface area contributed by atoms with Crippen molar-refractivity contribution in [2.24, 2.45) is 0 Å². The topological polar surface area (TPSA) is 21.3 Å². The lowest BCUT2D eigenvalue weighted by Crippen LogP contribution is -2.30. The van der Waals surface area contributed by atoms with Gasteiger partial charge in [0.25, 0.3) is 0 Å². The van der Waals surface area contributed by atoms with E-state index < -0.39 is 0 Å². The van der Waals surface area contributed by atoms with E-state index in [-0.39, 0.29) is 23.7 Å². The molecule has 1 aromatic rings. The Balaban J connectivity index is 2.78. The normalized spacial score (nSPS) is 13.7. The first-order valence-corrected chi connectivity index (χ1v) is 6.18. The summed E-state index contributed by atoms with van der Waals surface area (Å²) in [7, 11) is 1.46. The summed E-state index contributed by atoms with van der Waals surface area (Å²) in [6, 6.07) is 4.96. The molecule has 2 atom stereocenters. The fourth-order valence-electron chi connectivity index (χ4n) is 1.85. The summed E-state index contributed by atoms with van der Waals surface area (Å²) in [5.41, 5.74) is 0.963. The minimum absolute atomic E-state index is 0.0426. The number of halogens is 1. The summed E-state index contributed by atoms with van der Waals surface area (Å²) >= 11 is 0. The van der Waals surface area contributed by atoms with Gasteiger partial charge in [-0.15, -0.1) is 6.42 Å². The van der Waals surface area contributed by atoms with E-state index in [1.165, 1.54) is 13.2 Å². The van der Waals surface area contributed by atoms with E-state index >= 15 is 0 Å². The summed E-state index contributed by atoms with van der Waals surface area (Å²) in [5.74, 6) is 2.63. The Morgan fingerprint density at radius 2 is 2.22 bits per heavy atom. The zero-order valence-corrected chi connectivity index (χ0v) is 11.2. The van der Waals surface area contributed by atoms with Crippen molar-refractivity contribution in [3.8, 4) is 18.1 Å². The summed E-state index contributed by atoms with van der Waals surface area (Å²) in [6.45, 7) is 4.10. The first kappa shape index (κ1) is 14.5. The number of nitrogens with one attached hydrogen (secondary N) is 1. The molecule has 0 aromatic heterocycles. The SMILES string of the molecule is C#CC(CCC)NC(C)c1ccc(F)c(OC)c1. The van der Waals surface area contributed by atoms with Crippen LogP contribution in [-0.2, 0) is 0 Å². The molecule has 18 heavy (non-hydrogen) atoms. The summed E-state index contributed by atoms with van der Waals surface area (Å²) in [5, 5.41) is 3.34. The predicted octanol–water partition coefficient (Wildman–Crippen LogP) is 3.29. The van der Waals surface area contributed by atoms with Gasteiger partial charge in [0, 0.05) is 6.04 Å². The molecule has 0 aliphatic rings. The number of ether oxygens (including phenoxy) is 1. The number of rotatable bonds is 6. The highest BCUT2D eigenvalue weighted by atomic mass is 19.1. The molecule has 0 amide bonds. The number of benzene rings is 1. The van der Waals surface area contributed by atoms with E-state index in [1.54, 1.807) is 12.1 Å². The highest BCUT2D eigenvalue weighted by Crippen LogP contribution is 2.22. The van der Waals surface area contributed by atoms with Gasteiger partial charge in [-0.1, -0.05) is 25.3 Å². The van der Waals surface area contributed by atoms with Crippen LogP contribution < -0.4 is 10.1 Å². The van der Waals surface area contributed by atoms with Crippen molar-refractivity contribution in [2.45, 2.75) is 38.8 Å². The molecule has 0 radical (unpaired) electrons. The molecule has 0 spiro atoms. The first-order chi connectivity index (χ1) is 8.62. The summed E-state index contributed by atoms with van der Waals surface area (Å²) in [4.78, 5) is 0. The number of hydrogen-bond acceptors (Lipinski definition) is 2. The molecule has 98 valence electrons. The fourth-order valence-corrected chi connectivity index (χ4v) is 1.85. The number of hydrogen-bond donors (Lipinski definition) is 1. The quantitative estimate of drug-likeness (QED) is 0.781. The van der Waals surface area contributed by atoms with Gasteiger partial charge in [-0.05, 0) is 31.0 Å². The maximum absolute atomic E-state index is 13.3. The fraction of sp³-hybridized carbons (Fsp3) is 0.467. The lowest BCUT2D eigenvalue weighted by atomic mass is 10.1. The van der Waals surface area contributed by atoms with E-state index in [2.05, 4.69) is 18.2 Å². The minimum atomic E-state index is -0.351. The lowest BCUT2D eigenvalue weighted by molar-refractivity contribution is 0.384. The highest BCUT2D eigenvalue weighted by Gasteiger charge is 2.12. The molecular formula is C15H20FNO. The van der Waals surface area contributed by atoms with Crippen molar-refractivity contribution in [1.82, 2.24) is 5.32 Å². The molecule has 0 aliphatic heterocycles. The van der Waals surface area contributed by atoms with E-state index in [0.717, 1.165) is 18.4 Å². The Bertz CT molecular complexity index is 425. The van der Waals surface area contributed by atoms with Crippen molar-refractivity contribution in [2.75, 3.05) is 7.11 Å². The maximum atomic E-state index is 13.3. The number of terminal acetylenes is 1. The van der Waals surface area contributed by atoms with E-state index in [4.69, 9.17) is 11.2 Å². The largest absolute Gasteiger partial charge is 0.494 e. The van der Waals surface area contributed by atoms with E-state index in [0.29, 0.717) is 0 Å². The molecule has 1 rings (SSSR count). The van der Waals surface area contributed by atoms with Crippen LogP contribution in [0.1, 0.15) is 38.3 Å². The maximum Gasteiger partial charge on any atom is 0.165 e. The summed E-state index contributed by atoms with van der Waals surface area (Å²) in [6.07, 6.45) is 7.43. The third kappa shape index (κ3) is 3.75. The van der Waals surface area contributed by atoms with Crippen LogP contribution in [0.3, 0.4) is 0 Å². The van der Waals surface area contributed by atoms with Gasteiger partial charge in [0.05, 0.1) is 13.2 Å². The van der Waals surface area contributed by atoms with Crippen LogP contribution in [0.4, 0.5) is 4.39 Å². The molecule has 2 nitrogen and oxygen atoms in total. The van der Waals surface area contributed by atoms with Crippen molar-refractivity contribution in [1.29, 1.82) is 0 Å². The zero-order chi connectivity index (χ0) is 13.5. The van der Waals surface area contributed by atoms with Gasteiger partial charge in [-0.2, -0.15) is 0 Å². The zero-order valence-electron chi connectivity index (χ0n) is 11.2. The van der Waals surface area contributed by atoms with Crippen molar-refractivity contribution in [3.05, 3.63) is 29.6 Å². The molecule has 0 aliphatic carbocycles. The van der Waals surface area contributed by atoms with Crippen LogP contribution in [-0.4, -0.2) is 13.2 Å². The van der Waals surface area contributed by atoms with Gasteiger partial charge in [0.1, 0.15) is 0 Å². The van der Waals surface area contributed by atoms with Gasteiger partial charge in [-0.3, -0.25) is 5.32 Å². The molecule has 1 N–H and O–H groups in total. The highest BCUT2D eigenvalue weighted by molar-refractivity contribution is 5.32. The second kappa shape index (κ2) is 7.03. The molecule has 1 aromatic carbocycles. The van der Waals surface area contributed by atoms with Gasteiger partial charge < -0.3 is 4.74 Å².